The number of nitrogens with one attached hydrogen (secondary N) is 2. The maximum absolute atomic E-state index is 12.5. The lowest BCUT2D eigenvalue weighted by Gasteiger charge is -2.11. The van der Waals surface area contributed by atoms with E-state index in [0.717, 1.165) is 30.1 Å². The Morgan fingerprint density at radius 3 is 2.81 bits per heavy atom. The minimum Gasteiger partial charge on any atom is -0.316 e. The van der Waals surface area contributed by atoms with Gasteiger partial charge in [0.15, 0.2) is 0 Å². The Morgan fingerprint density at radius 1 is 1.33 bits per heavy atom. The predicted molar refractivity (Wildman–Crippen MR) is 82.0 cm³/mol. The average molecular weight is 301 g/mol. The highest BCUT2D eigenvalue weighted by molar-refractivity contribution is 7.16. The largest absolute Gasteiger partial charge is 0.316 e. The number of carbonyl (C=O) groups is 1. The molecule has 1 aromatic heterocycles. The fourth-order valence-electron chi connectivity index (χ4n) is 4.12. The molecular formula is C16H19N3OS. The second kappa shape index (κ2) is 5.11. The van der Waals surface area contributed by atoms with Crippen molar-refractivity contribution in [1.29, 1.82) is 5.26 Å². The minimum atomic E-state index is 0.148. The molecule has 4 nitrogen and oxygen atoms in total. The molecule has 0 bridgehead atoms. The zero-order chi connectivity index (χ0) is 14.4. The highest BCUT2D eigenvalue weighted by Crippen LogP contribution is 2.55. The first-order chi connectivity index (χ1) is 10.3. The van der Waals surface area contributed by atoms with Crippen molar-refractivity contribution in [2.75, 3.05) is 11.9 Å². The standard InChI is InChI=1S/C16H19N3OS/c17-7-12-9-5-6-18-8-13(9)21-16(12)19-15(20)14-10-3-1-2-4-11(10)14/h10-11,14,18H,1-6,8H2,(H,19,20). The van der Waals surface area contributed by atoms with Crippen LogP contribution in [-0.2, 0) is 17.8 Å². The Hall–Kier alpha value is -1.38. The van der Waals surface area contributed by atoms with E-state index in [1.54, 1.807) is 11.3 Å². The molecule has 110 valence electrons. The van der Waals surface area contributed by atoms with E-state index < -0.39 is 0 Å². The third kappa shape index (κ3) is 2.18. The lowest BCUT2D eigenvalue weighted by Crippen LogP contribution is -2.22. The molecule has 2 aliphatic carbocycles. The van der Waals surface area contributed by atoms with Gasteiger partial charge in [-0.05, 0) is 43.2 Å². The first kappa shape index (κ1) is 13.3. The van der Waals surface area contributed by atoms with E-state index in [0.29, 0.717) is 17.4 Å². The van der Waals surface area contributed by atoms with Crippen LogP contribution >= 0.6 is 11.3 Å². The van der Waals surface area contributed by atoms with Gasteiger partial charge in [0.2, 0.25) is 5.91 Å². The van der Waals surface area contributed by atoms with Crippen LogP contribution in [0, 0.1) is 29.1 Å². The number of nitriles is 1. The fraction of sp³-hybridized carbons (Fsp3) is 0.625. The van der Waals surface area contributed by atoms with E-state index in [1.807, 2.05) is 0 Å². The van der Waals surface area contributed by atoms with Crippen molar-refractivity contribution in [2.45, 2.75) is 38.6 Å². The van der Waals surface area contributed by atoms with E-state index in [9.17, 15) is 10.1 Å². The molecule has 0 spiro atoms. The predicted octanol–water partition coefficient (Wildman–Crippen LogP) is 2.64. The molecule has 2 unspecified atom stereocenters. The second-order valence-electron chi connectivity index (χ2n) is 6.37. The van der Waals surface area contributed by atoms with Gasteiger partial charge in [0, 0.05) is 17.3 Å². The molecule has 3 aliphatic rings. The number of nitrogens with zero attached hydrogens (tertiary/aromatic N) is 1. The quantitative estimate of drug-likeness (QED) is 0.882. The average Bonchev–Trinajstić information content (AvgIpc) is 3.14. The summed E-state index contributed by atoms with van der Waals surface area (Å²) in [5, 5.41) is 16.6. The van der Waals surface area contributed by atoms with Gasteiger partial charge in [-0.2, -0.15) is 5.26 Å². The molecule has 4 rings (SSSR count). The summed E-state index contributed by atoms with van der Waals surface area (Å²) in [6, 6.07) is 2.30. The van der Waals surface area contributed by atoms with Crippen LogP contribution in [0.4, 0.5) is 5.00 Å². The van der Waals surface area contributed by atoms with E-state index >= 15 is 0 Å². The van der Waals surface area contributed by atoms with Crippen molar-refractivity contribution in [3.8, 4) is 6.07 Å². The molecule has 2 atom stereocenters. The van der Waals surface area contributed by atoms with Crippen LogP contribution in [0.2, 0.25) is 0 Å². The van der Waals surface area contributed by atoms with Crippen LogP contribution in [0.5, 0.6) is 0 Å². The number of hydrogen-bond acceptors (Lipinski definition) is 4. The third-order valence-electron chi connectivity index (χ3n) is 5.24. The van der Waals surface area contributed by atoms with Crippen molar-refractivity contribution >= 4 is 22.2 Å². The number of hydrogen-bond donors (Lipinski definition) is 2. The molecule has 1 aliphatic heterocycles. The van der Waals surface area contributed by atoms with Crippen molar-refractivity contribution < 1.29 is 4.79 Å². The number of fused-ring (bicyclic) bond motifs is 2. The second-order valence-corrected chi connectivity index (χ2v) is 7.48. The Morgan fingerprint density at radius 2 is 2.10 bits per heavy atom. The van der Waals surface area contributed by atoms with E-state index in [1.165, 1.54) is 30.6 Å². The van der Waals surface area contributed by atoms with E-state index in [2.05, 4.69) is 16.7 Å². The van der Waals surface area contributed by atoms with Gasteiger partial charge in [-0.1, -0.05) is 12.8 Å². The summed E-state index contributed by atoms with van der Waals surface area (Å²) >= 11 is 1.58. The van der Waals surface area contributed by atoms with Crippen molar-refractivity contribution in [1.82, 2.24) is 5.32 Å². The molecule has 21 heavy (non-hydrogen) atoms. The summed E-state index contributed by atoms with van der Waals surface area (Å²) in [6.07, 6.45) is 5.84. The Labute approximate surface area is 128 Å². The minimum absolute atomic E-state index is 0.148. The summed E-state index contributed by atoms with van der Waals surface area (Å²) in [4.78, 5) is 13.7. The van der Waals surface area contributed by atoms with Crippen molar-refractivity contribution in [2.24, 2.45) is 17.8 Å². The first-order valence-electron chi connectivity index (χ1n) is 7.86. The van der Waals surface area contributed by atoms with Crippen LogP contribution in [0.25, 0.3) is 0 Å². The molecule has 5 heteroatoms. The highest BCUT2D eigenvalue weighted by atomic mass is 32.1. The number of anilines is 1. The number of carbonyl (C=O) groups excluding carboxylic acids is 1. The Kier molecular flexibility index (Phi) is 3.24. The molecule has 0 radical (unpaired) electrons. The van der Waals surface area contributed by atoms with Crippen LogP contribution in [-0.4, -0.2) is 12.5 Å². The van der Waals surface area contributed by atoms with Gasteiger partial charge in [0.05, 0.1) is 5.56 Å². The van der Waals surface area contributed by atoms with Crippen LogP contribution in [0.15, 0.2) is 0 Å². The summed E-state index contributed by atoms with van der Waals surface area (Å²) in [6.45, 7) is 1.73. The van der Waals surface area contributed by atoms with Gasteiger partial charge >= 0.3 is 0 Å². The summed E-state index contributed by atoms with van der Waals surface area (Å²) in [7, 11) is 0. The lowest BCUT2D eigenvalue weighted by atomic mass is 10.0. The molecule has 0 saturated heterocycles. The molecule has 1 amide bonds. The molecule has 2 heterocycles. The molecule has 1 aromatic rings. The number of rotatable bonds is 2. The SMILES string of the molecule is N#Cc1c(NC(=O)C2C3CCCCC32)sc2c1CCNC2. The molecule has 0 aromatic carbocycles. The summed E-state index contributed by atoms with van der Waals surface area (Å²) in [5.41, 5.74) is 1.85. The maximum Gasteiger partial charge on any atom is 0.228 e. The topological polar surface area (TPSA) is 64.9 Å². The van der Waals surface area contributed by atoms with Crippen LogP contribution < -0.4 is 10.6 Å². The molecule has 2 fully saturated rings. The first-order valence-corrected chi connectivity index (χ1v) is 8.67. The number of thiophene rings is 1. The van der Waals surface area contributed by atoms with Crippen LogP contribution in [0.1, 0.15) is 41.7 Å². The van der Waals surface area contributed by atoms with Crippen molar-refractivity contribution in [3.63, 3.8) is 0 Å². The molecule has 2 saturated carbocycles. The van der Waals surface area contributed by atoms with Gasteiger partial charge in [-0.25, -0.2) is 0 Å². The Balaban J connectivity index is 1.53. The monoisotopic (exact) mass is 301 g/mol. The highest BCUT2D eigenvalue weighted by Gasteiger charge is 2.54. The maximum atomic E-state index is 12.5. The van der Waals surface area contributed by atoms with Crippen LogP contribution in [0.3, 0.4) is 0 Å². The van der Waals surface area contributed by atoms with E-state index in [-0.39, 0.29) is 11.8 Å². The molecule has 2 N–H and O–H groups in total. The van der Waals surface area contributed by atoms with E-state index in [4.69, 9.17) is 0 Å². The molecular weight excluding hydrogens is 282 g/mol. The zero-order valence-electron chi connectivity index (χ0n) is 11.9. The smallest absolute Gasteiger partial charge is 0.228 e. The normalized spacial score (nSPS) is 30.0. The van der Waals surface area contributed by atoms with Gasteiger partial charge in [-0.15, -0.1) is 11.3 Å². The lowest BCUT2D eigenvalue weighted by molar-refractivity contribution is -0.117. The summed E-state index contributed by atoms with van der Waals surface area (Å²) < 4.78 is 0. The third-order valence-corrected chi connectivity index (χ3v) is 6.38. The fourth-order valence-corrected chi connectivity index (χ4v) is 5.29. The number of amides is 1. The Bertz CT molecular complexity index is 618. The van der Waals surface area contributed by atoms with Crippen molar-refractivity contribution in [3.05, 3.63) is 16.0 Å². The van der Waals surface area contributed by atoms with Gasteiger partial charge < -0.3 is 10.6 Å². The zero-order valence-corrected chi connectivity index (χ0v) is 12.8. The van der Waals surface area contributed by atoms with Gasteiger partial charge in [-0.3, -0.25) is 4.79 Å². The van der Waals surface area contributed by atoms with Gasteiger partial charge in [0.1, 0.15) is 11.1 Å². The van der Waals surface area contributed by atoms with Gasteiger partial charge in [0.25, 0.3) is 0 Å². The summed E-state index contributed by atoms with van der Waals surface area (Å²) in [5.74, 6) is 1.58.